The van der Waals surface area contributed by atoms with Crippen LogP contribution >= 0.6 is 0 Å². The lowest BCUT2D eigenvalue weighted by atomic mass is 9.87. The Labute approximate surface area is 136 Å². The molecular formula is C17H25FN2O3. The van der Waals surface area contributed by atoms with Crippen LogP contribution in [-0.4, -0.2) is 41.8 Å². The summed E-state index contributed by atoms with van der Waals surface area (Å²) >= 11 is 0. The molecule has 1 aromatic rings. The van der Waals surface area contributed by atoms with Crippen molar-refractivity contribution in [1.29, 1.82) is 0 Å². The van der Waals surface area contributed by atoms with Crippen molar-refractivity contribution in [3.05, 3.63) is 24.0 Å². The number of nitrogens with zero attached hydrogens (tertiary/aromatic N) is 1. The molecule has 23 heavy (non-hydrogen) atoms. The lowest BCUT2D eigenvalue weighted by molar-refractivity contribution is 0.0727. The number of ether oxygens (including phenoxy) is 1. The Kier molecular flexibility index (Phi) is 5.46. The van der Waals surface area contributed by atoms with Gasteiger partial charge in [0, 0.05) is 6.54 Å². The fourth-order valence-electron chi connectivity index (χ4n) is 3.43. The first kappa shape index (κ1) is 17.5. The highest BCUT2D eigenvalue weighted by Crippen LogP contribution is 2.36. The molecule has 0 spiro atoms. The summed E-state index contributed by atoms with van der Waals surface area (Å²) in [5.74, 6) is 0.0740. The van der Waals surface area contributed by atoms with Crippen molar-refractivity contribution >= 4 is 11.7 Å². The number of hydrogen-bond acceptors (Lipinski definition) is 3. The van der Waals surface area contributed by atoms with E-state index in [0.717, 1.165) is 12.8 Å². The first-order valence-corrected chi connectivity index (χ1v) is 7.95. The number of aliphatic hydroxyl groups is 1. The second kappa shape index (κ2) is 7.17. The summed E-state index contributed by atoms with van der Waals surface area (Å²) < 4.78 is 19.1. The SMILES string of the molecule is COc1cccc(F)c1NC(=O)N1CCCC1(CO)CC(C)C. The average Bonchev–Trinajstić information content (AvgIpc) is 2.92. The third-order valence-electron chi connectivity index (χ3n) is 4.35. The van der Waals surface area contributed by atoms with Crippen LogP contribution < -0.4 is 10.1 Å². The Bertz CT molecular complexity index is 565. The predicted molar refractivity (Wildman–Crippen MR) is 87.2 cm³/mol. The molecule has 5 nitrogen and oxygen atoms in total. The molecule has 1 aliphatic heterocycles. The normalized spacial score (nSPS) is 20.9. The molecule has 1 saturated heterocycles. The molecule has 1 aliphatic rings. The zero-order chi connectivity index (χ0) is 17.0. The first-order valence-electron chi connectivity index (χ1n) is 7.95. The minimum absolute atomic E-state index is 0.0308. The molecule has 1 fully saturated rings. The molecule has 0 radical (unpaired) electrons. The summed E-state index contributed by atoms with van der Waals surface area (Å²) in [6.45, 7) is 4.58. The highest BCUT2D eigenvalue weighted by molar-refractivity contribution is 5.91. The molecule has 1 heterocycles. The van der Waals surface area contributed by atoms with Crippen molar-refractivity contribution in [2.45, 2.75) is 38.6 Å². The standard InChI is InChI=1S/C17H25FN2O3/c1-12(2)10-17(11-21)8-5-9-20(17)16(22)19-15-13(18)6-4-7-14(15)23-3/h4,6-7,12,21H,5,8-11H2,1-3H3,(H,19,22). The summed E-state index contributed by atoms with van der Waals surface area (Å²) in [5.41, 5.74) is -0.542. The zero-order valence-electron chi connectivity index (χ0n) is 13.9. The number of aliphatic hydroxyl groups excluding tert-OH is 1. The number of urea groups is 1. The number of methoxy groups -OCH3 is 1. The number of benzene rings is 1. The van der Waals surface area contributed by atoms with Crippen molar-refractivity contribution in [3.63, 3.8) is 0 Å². The van der Waals surface area contributed by atoms with Gasteiger partial charge in [0.05, 0.1) is 19.3 Å². The van der Waals surface area contributed by atoms with E-state index in [1.54, 1.807) is 11.0 Å². The van der Waals surface area contributed by atoms with Crippen LogP contribution in [0, 0.1) is 11.7 Å². The number of halogens is 1. The largest absolute Gasteiger partial charge is 0.494 e. The van der Waals surface area contributed by atoms with Gasteiger partial charge in [-0.2, -0.15) is 0 Å². The van der Waals surface area contributed by atoms with Crippen molar-refractivity contribution in [2.75, 3.05) is 25.6 Å². The summed E-state index contributed by atoms with van der Waals surface area (Å²) in [6.07, 6.45) is 2.30. The summed E-state index contributed by atoms with van der Waals surface area (Å²) in [6, 6.07) is 3.99. The summed E-state index contributed by atoms with van der Waals surface area (Å²) in [4.78, 5) is 14.3. The van der Waals surface area contributed by atoms with E-state index in [9.17, 15) is 14.3 Å². The Morgan fingerprint density at radius 1 is 1.52 bits per heavy atom. The van der Waals surface area contributed by atoms with Crippen molar-refractivity contribution in [3.8, 4) is 5.75 Å². The summed E-state index contributed by atoms with van der Waals surface area (Å²) in [5, 5.41) is 12.5. The van der Waals surface area contributed by atoms with Gasteiger partial charge in [-0.15, -0.1) is 0 Å². The Morgan fingerprint density at radius 2 is 2.26 bits per heavy atom. The molecule has 2 amide bonds. The number of nitrogens with one attached hydrogen (secondary N) is 1. The van der Waals surface area contributed by atoms with Gasteiger partial charge >= 0.3 is 6.03 Å². The van der Waals surface area contributed by atoms with Crippen LogP contribution in [0.15, 0.2) is 18.2 Å². The third kappa shape index (κ3) is 3.58. The minimum atomic E-state index is -0.573. The maximum Gasteiger partial charge on any atom is 0.322 e. The molecule has 2 rings (SSSR count). The van der Waals surface area contributed by atoms with Crippen molar-refractivity contribution in [2.24, 2.45) is 5.92 Å². The van der Waals surface area contributed by atoms with Gasteiger partial charge in [-0.1, -0.05) is 19.9 Å². The number of anilines is 1. The second-order valence-corrected chi connectivity index (χ2v) is 6.48. The van der Waals surface area contributed by atoms with E-state index in [4.69, 9.17) is 4.74 Å². The van der Waals surface area contributed by atoms with Crippen LogP contribution in [0.2, 0.25) is 0 Å². The Balaban J connectivity index is 2.23. The molecule has 2 N–H and O–H groups in total. The number of amides is 2. The fraction of sp³-hybridized carbons (Fsp3) is 0.588. The molecule has 0 bridgehead atoms. The van der Waals surface area contributed by atoms with Gasteiger partial charge < -0.3 is 20.1 Å². The van der Waals surface area contributed by atoms with E-state index in [1.807, 2.05) is 0 Å². The predicted octanol–water partition coefficient (Wildman–Crippen LogP) is 3.24. The lowest BCUT2D eigenvalue weighted by Gasteiger charge is -2.38. The van der Waals surface area contributed by atoms with Gasteiger partial charge in [-0.05, 0) is 37.3 Å². The van der Waals surface area contributed by atoms with E-state index < -0.39 is 17.4 Å². The Morgan fingerprint density at radius 3 is 2.87 bits per heavy atom. The number of hydrogen-bond donors (Lipinski definition) is 2. The van der Waals surface area contributed by atoms with Crippen molar-refractivity contribution < 1.29 is 19.0 Å². The van der Waals surface area contributed by atoms with Crippen LogP contribution in [0.5, 0.6) is 5.75 Å². The molecule has 128 valence electrons. The first-order chi connectivity index (χ1) is 10.9. The highest BCUT2D eigenvalue weighted by Gasteiger charge is 2.43. The van der Waals surface area contributed by atoms with E-state index in [1.165, 1.54) is 19.2 Å². The average molecular weight is 324 g/mol. The van der Waals surface area contributed by atoms with Crippen LogP contribution in [0.25, 0.3) is 0 Å². The van der Waals surface area contributed by atoms with Gasteiger partial charge in [0.2, 0.25) is 0 Å². The molecule has 1 aromatic carbocycles. The van der Waals surface area contributed by atoms with E-state index in [0.29, 0.717) is 18.9 Å². The molecule has 0 aliphatic carbocycles. The minimum Gasteiger partial charge on any atom is -0.494 e. The van der Waals surface area contributed by atoms with Crippen LogP contribution in [0.1, 0.15) is 33.1 Å². The molecule has 0 aromatic heterocycles. The monoisotopic (exact) mass is 324 g/mol. The molecule has 6 heteroatoms. The number of carbonyl (C=O) groups excluding carboxylic acids is 1. The zero-order valence-corrected chi connectivity index (χ0v) is 13.9. The lowest BCUT2D eigenvalue weighted by Crippen LogP contribution is -2.52. The molecule has 1 atom stereocenters. The third-order valence-corrected chi connectivity index (χ3v) is 4.35. The highest BCUT2D eigenvalue weighted by atomic mass is 19.1. The topological polar surface area (TPSA) is 61.8 Å². The van der Waals surface area contributed by atoms with E-state index in [2.05, 4.69) is 19.2 Å². The molecular weight excluding hydrogens is 299 g/mol. The van der Waals surface area contributed by atoms with Crippen LogP contribution in [-0.2, 0) is 0 Å². The second-order valence-electron chi connectivity index (χ2n) is 6.48. The Hall–Kier alpha value is -1.82. The molecule has 1 unspecified atom stereocenters. The fourth-order valence-corrected chi connectivity index (χ4v) is 3.43. The quantitative estimate of drug-likeness (QED) is 0.874. The summed E-state index contributed by atoms with van der Waals surface area (Å²) in [7, 11) is 1.43. The van der Waals surface area contributed by atoms with E-state index >= 15 is 0 Å². The van der Waals surface area contributed by atoms with Gasteiger partial charge in [0.1, 0.15) is 11.4 Å². The van der Waals surface area contributed by atoms with Gasteiger partial charge in [-0.25, -0.2) is 9.18 Å². The smallest absolute Gasteiger partial charge is 0.322 e. The number of para-hydroxylation sites is 1. The van der Waals surface area contributed by atoms with Crippen LogP contribution in [0.4, 0.5) is 14.9 Å². The van der Waals surface area contributed by atoms with Crippen molar-refractivity contribution in [1.82, 2.24) is 4.90 Å². The van der Waals surface area contributed by atoms with Gasteiger partial charge in [-0.3, -0.25) is 0 Å². The van der Waals surface area contributed by atoms with Gasteiger partial charge in [0.15, 0.2) is 5.82 Å². The van der Waals surface area contributed by atoms with E-state index in [-0.39, 0.29) is 18.0 Å². The van der Waals surface area contributed by atoms with Gasteiger partial charge in [0.25, 0.3) is 0 Å². The number of rotatable bonds is 5. The van der Waals surface area contributed by atoms with Crippen LogP contribution in [0.3, 0.4) is 0 Å². The molecule has 0 saturated carbocycles. The number of carbonyl (C=O) groups is 1. The number of likely N-dealkylation sites (tertiary alicyclic amines) is 1. The maximum absolute atomic E-state index is 14.0. The maximum atomic E-state index is 14.0.